The third-order valence-corrected chi connectivity index (χ3v) is 3.88. The molecule has 0 saturated carbocycles. The molecule has 0 aliphatic rings. The van der Waals surface area contributed by atoms with Gasteiger partial charge in [0, 0.05) is 5.75 Å². The molecule has 18 heavy (non-hydrogen) atoms. The quantitative estimate of drug-likeness (QED) is 0.767. The minimum absolute atomic E-state index is 0.153. The number of rotatable bonds is 7. The van der Waals surface area contributed by atoms with Crippen molar-refractivity contribution in [3.63, 3.8) is 0 Å². The molecule has 1 rings (SSSR count). The van der Waals surface area contributed by atoms with Gasteiger partial charge >= 0.3 is 0 Å². The number of carbonyl (C=O) groups is 1. The maximum Gasteiger partial charge on any atom is 0.237 e. The molecule has 0 aliphatic heterocycles. The Hall–Kier alpha value is -1.04. The van der Waals surface area contributed by atoms with Crippen LogP contribution in [0.2, 0.25) is 0 Å². The van der Waals surface area contributed by atoms with Gasteiger partial charge in [-0.3, -0.25) is 9.36 Å². The Labute approximate surface area is 113 Å². The number of carbonyl (C=O) groups excluding carboxylic acids is 1. The van der Waals surface area contributed by atoms with Gasteiger partial charge in [-0.05, 0) is 25.2 Å². The Morgan fingerprint density at radius 3 is 2.61 bits per heavy atom. The largest absolute Gasteiger partial charge is 0.368 e. The Balaban J connectivity index is 2.59. The van der Waals surface area contributed by atoms with E-state index in [0.29, 0.717) is 11.8 Å². The van der Waals surface area contributed by atoms with E-state index in [0.717, 1.165) is 16.7 Å². The van der Waals surface area contributed by atoms with Crippen LogP contribution >= 0.6 is 11.8 Å². The minimum atomic E-state index is -0.366. The highest BCUT2D eigenvalue weighted by atomic mass is 32.2. The molecule has 1 aromatic rings. The van der Waals surface area contributed by atoms with Gasteiger partial charge < -0.3 is 5.73 Å². The summed E-state index contributed by atoms with van der Waals surface area (Å²) in [5, 5.41) is 8.86. The summed E-state index contributed by atoms with van der Waals surface area (Å²) in [6, 6.07) is 0. The molecule has 6 heteroatoms. The molecule has 0 saturated heterocycles. The van der Waals surface area contributed by atoms with Crippen molar-refractivity contribution in [2.75, 3.05) is 5.75 Å². The first-order valence-electron chi connectivity index (χ1n) is 6.21. The predicted octanol–water partition coefficient (Wildman–Crippen LogP) is 1.85. The zero-order valence-electron chi connectivity index (χ0n) is 11.5. The SMILES string of the molecule is Cc1nnc(SC[C@@H](C)CC(C)C)n1CC(N)=O. The Kier molecular flexibility index (Phi) is 5.65. The number of thioether (sulfide) groups is 1. The number of hydrogen-bond donors (Lipinski definition) is 1. The zero-order valence-corrected chi connectivity index (χ0v) is 12.3. The van der Waals surface area contributed by atoms with Gasteiger partial charge in [-0.2, -0.15) is 0 Å². The monoisotopic (exact) mass is 270 g/mol. The summed E-state index contributed by atoms with van der Waals surface area (Å²) in [6.45, 7) is 8.66. The predicted molar refractivity (Wildman–Crippen MR) is 73.3 cm³/mol. The van der Waals surface area contributed by atoms with E-state index < -0.39 is 0 Å². The van der Waals surface area contributed by atoms with Crippen LogP contribution in [0.1, 0.15) is 33.0 Å². The molecule has 1 aromatic heterocycles. The van der Waals surface area contributed by atoms with Crippen molar-refractivity contribution in [2.24, 2.45) is 17.6 Å². The molecular weight excluding hydrogens is 248 g/mol. The maximum absolute atomic E-state index is 11.0. The number of nitrogens with two attached hydrogens (primary N) is 1. The van der Waals surface area contributed by atoms with Crippen molar-refractivity contribution < 1.29 is 4.79 Å². The van der Waals surface area contributed by atoms with Crippen LogP contribution in [0.15, 0.2) is 5.16 Å². The summed E-state index contributed by atoms with van der Waals surface area (Å²) in [4.78, 5) is 11.0. The molecule has 0 radical (unpaired) electrons. The highest BCUT2D eigenvalue weighted by Gasteiger charge is 2.13. The molecular formula is C12H22N4OS. The summed E-state index contributed by atoms with van der Waals surface area (Å²) in [6.07, 6.45) is 1.19. The number of nitrogens with zero attached hydrogens (tertiary/aromatic N) is 3. The molecule has 102 valence electrons. The molecule has 0 spiro atoms. The lowest BCUT2D eigenvalue weighted by molar-refractivity contribution is -0.118. The third-order valence-electron chi connectivity index (χ3n) is 2.59. The fourth-order valence-electron chi connectivity index (χ4n) is 1.90. The first-order chi connectivity index (χ1) is 8.40. The lowest BCUT2D eigenvalue weighted by atomic mass is 10.0. The lowest BCUT2D eigenvalue weighted by Crippen LogP contribution is -2.20. The molecule has 0 bridgehead atoms. The summed E-state index contributed by atoms with van der Waals surface area (Å²) >= 11 is 1.64. The van der Waals surface area contributed by atoms with E-state index in [-0.39, 0.29) is 12.5 Å². The van der Waals surface area contributed by atoms with Crippen LogP contribution in [-0.2, 0) is 11.3 Å². The second-order valence-electron chi connectivity index (χ2n) is 5.13. The molecule has 5 nitrogen and oxygen atoms in total. The molecule has 0 aliphatic carbocycles. The van der Waals surface area contributed by atoms with Crippen molar-refractivity contribution in [3.8, 4) is 0 Å². The lowest BCUT2D eigenvalue weighted by Gasteiger charge is -2.13. The molecule has 0 fully saturated rings. The fourth-order valence-corrected chi connectivity index (χ4v) is 2.92. The third kappa shape index (κ3) is 4.68. The van der Waals surface area contributed by atoms with Crippen molar-refractivity contribution in [3.05, 3.63) is 5.82 Å². The summed E-state index contributed by atoms with van der Waals surface area (Å²) in [7, 11) is 0. The molecule has 1 amide bonds. The van der Waals surface area contributed by atoms with Crippen LogP contribution < -0.4 is 5.73 Å². The molecule has 0 aromatic carbocycles. The molecule has 1 atom stereocenters. The van der Waals surface area contributed by atoms with Gasteiger partial charge in [-0.1, -0.05) is 32.5 Å². The normalized spacial score (nSPS) is 12.9. The van der Waals surface area contributed by atoms with Crippen molar-refractivity contribution in [1.29, 1.82) is 0 Å². The van der Waals surface area contributed by atoms with E-state index in [2.05, 4.69) is 31.0 Å². The fraction of sp³-hybridized carbons (Fsp3) is 0.750. The number of aryl methyl sites for hydroxylation is 1. The number of hydrogen-bond acceptors (Lipinski definition) is 4. The average molecular weight is 270 g/mol. The van der Waals surface area contributed by atoms with Gasteiger partial charge in [-0.15, -0.1) is 10.2 Å². The highest BCUT2D eigenvalue weighted by molar-refractivity contribution is 7.99. The van der Waals surface area contributed by atoms with Gasteiger partial charge in [0.15, 0.2) is 5.16 Å². The molecule has 1 heterocycles. The van der Waals surface area contributed by atoms with Crippen LogP contribution in [0.4, 0.5) is 0 Å². The summed E-state index contributed by atoms with van der Waals surface area (Å²) in [5.41, 5.74) is 5.22. The van der Waals surface area contributed by atoms with Gasteiger partial charge in [-0.25, -0.2) is 0 Å². The van der Waals surface area contributed by atoms with Gasteiger partial charge in [0.2, 0.25) is 5.91 Å². The average Bonchev–Trinajstić information content (AvgIpc) is 2.56. The van der Waals surface area contributed by atoms with E-state index >= 15 is 0 Å². The van der Waals surface area contributed by atoms with E-state index in [1.807, 2.05) is 6.92 Å². The van der Waals surface area contributed by atoms with E-state index in [4.69, 9.17) is 5.73 Å². The van der Waals surface area contributed by atoms with Crippen LogP contribution in [0.3, 0.4) is 0 Å². The zero-order chi connectivity index (χ0) is 13.7. The molecule has 0 unspecified atom stereocenters. The van der Waals surface area contributed by atoms with Crippen LogP contribution in [0.5, 0.6) is 0 Å². The summed E-state index contributed by atoms with van der Waals surface area (Å²) < 4.78 is 1.77. The number of aromatic nitrogens is 3. The Morgan fingerprint density at radius 1 is 1.39 bits per heavy atom. The Bertz CT molecular complexity index is 403. The van der Waals surface area contributed by atoms with Crippen LogP contribution in [0.25, 0.3) is 0 Å². The van der Waals surface area contributed by atoms with Gasteiger partial charge in [0.05, 0.1) is 0 Å². The molecule has 2 N–H and O–H groups in total. The van der Waals surface area contributed by atoms with Gasteiger partial charge in [0.1, 0.15) is 12.4 Å². The van der Waals surface area contributed by atoms with Crippen molar-refractivity contribution in [1.82, 2.24) is 14.8 Å². The van der Waals surface area contributed by atoms with Crippen LogP contribution in [-0.4, -0.2) is 26.4 Å². The van der Waals surface area contributed by atoms with Crippen molar-refractivity contribution in [2.45, 2.75) is 45.8 Å². The number of primary amides is 1. The van der Waals surface area contributed by atoms with Crippen molar-refractivity contribution >= 4 is 17.7 Å². The first-order valence-corrected chi connectivity index (χ1v) is 7.19. The Morgan fingerprint density at radius 2 is 2.06 bits per heavy atom. The van der Waals surface area contributed by atoms with Gasteiger partial charge in [0.25, 0.3) is 0 Å². The standard InChI is InChI=1S/C12H22N4OS/c1-8(2)5-9(3)7-18-12-15-14-10(4)16(12)6-11(13)17/h8-9H,5-7H2,1-4H3,(H2,13,17)/t9-/m0/s1. The highest BCUT2D eigenvalue weighted by Crippen LogP contribution is 2.22. The first kappa shape index (κ1) is 15.0. The van der Waals surface area contributed by atoms with Crippen LogP contribution in [0, 0.1) is 18.8 Å². The second kappa shape index (κ2) is 6.78. The summed E-state index contributed by atoms with van der Waals surface area (Å²) in [5.74, 6) is 2.66. The second-order valence-corrected chi connectivity index (χ2v) is 6.12. The smallest absolute Gasteiger partial charge is 0.237 e. The maximum atomic E-state index is 11.0. The topological polar surface area (TPSA) is 73.8 Å². The minimum Gasteiger partial charge on any atom is -0.368 e. The number of amides is 1. The van der Waals surface area contributed by atoms with E-state index in [9.17, 15) is 4.79 Å². The van der Waals surface area contributed by atoms with E-state index in [1.54, 1.807) is 16.3 Å². The van der Waals surface area contributed by atoms with E-state index in [1.165, 1.54) is 6.42 Å².